The summed E-state index contributed by atoms with van der Waals surface area (Å²) < 4.78 is 32.3. The second-order valence-corrected chi connectivity index (χ2v) is 8.18. The van der Waals surface area contributed by atoms with Crippen molar-refractivity contribution in [3.8, 4) is 0 Å². The van der Waals surface area contributed by atoms with Crippen LogP contribution in [0.25, 0.3) is 6.08 Å². The highest BCUT2D eigenvalue weighted by molar-refractivity contribution is 7.95. The van der Waals surface area contributed by atoms with Gasteiger partial charge in [-0.15, -0.1) is 0 Å². The van der Waals surface area contributed by atoms with Crippen molar-refractivity contribution in [3.63, 3.8) is 0 Å². The van der Waals surface area contributed by atoms with Gasteiger partial charge in [-0.1, -0.05) is 35.3 Å². The molecule has 0 spiro atoms. The smallest absolute Gasteiger partial charge is 0.255 e. The minimum Gasteiger partial charge on any atom is -0.378 e. The molecule has 0 aliphatic carbocycles. The van der Waals surface area contributed by atoms with E-state index in [1.807, 2.05) is 6.07 Å². The molecule has 138 valence electrons. The van der Waals surface area contributed by atoms with Crippen LogP contribution in [0.5, 0.6) is 0 Å². The van der Waals surface area contributed by atoms with Crippen LogP contribution >= 0.6 is 23.2 Å². The summed E-state index contributed by atoms with van der Waals surface area (Å²) in [6, 6.07) is 12.0. The van der Waals surface area contributed by atoms with E-state index in [0.29, 0.717) is 28.9 Å². The minimum absolute atomic E-state index is 0.410. The van der Waals surface area contributed by atoms with Crippen molar-refractivity contribution < 1.29 is 13.2 Å². The van der Waals surface area contributed by atoms with Gasteiger partial charge in [0.15, 0.2) is 0 Å². The first-order chi connectivity index (χ1) is 12.4. The average Bonchev–Trinajstić information content (AvgIpc) is 2.62. The molecule has 0 aromatic heterocycles. The lowest BCUT2D eigenvalue weighted by molar-refractivity contribution is 0.122. The Morgan fingerprint density at radius 2 is 1.73 bits per heavy atom. The Bertz CT molecular complexity index is 893. The molecular weight excluding hydrogens is 395 g/mol. The van der Waals surface area contributed by atoms with Gasteiger partial charge in [-0.25, -0.2) is 8.42 Å². The Kier molecular flexibility index (Phi) is 6.09. The van der Waals surface area contributed by atoms with Crippen molar-refractivity contribution in [2.45, 2.75) is 0 Å². The van der Waals surface area contributed by atoms with E-state index in [9.17, 15) is 8.42 Å². The monoisotopic (exact) mass is 412 g/mol. The summed E-state index contributed by atoms with van der Waals surface area (Å²) in [6.07, 6.45) is 1.50. The van der Waals surface area contributed by atoms with Crippen LogP contribution in [-0.4, -0.2) is 34.7 Å². The molecule has 1 fully saturated rings. The Labute approximate surface area is 163 Å². The molecule has 26 heavy (non-hydrogen) atoms. The van der Waals surface area contributed by atoms with E-state index in [-0.39, 0.29) is 0 Å². The van der Waals surface area contributed by atoms with Crippen molar-refractivity contribution in [2.75, 3.05) is 35.9 Å². The lowest BCUT2D eigenvalue weighted by Gasteiger charge is -2.29. The van der Waals surface area contributed by atoms with E-state index in [4.69, 9.17) is 27.9 Å². The summed E-state index contributed by atoms with van der Waals surface area (Å²) in [5.41, 5.74) is 2.02. The van der Waals surface area contributed by atoms with Gasteiger partial charge in [0.2, 0.25) is 0 Å². The van der Waals surface area contributed by atoms with Crippen LogP contribution in [-0.2, 0) is 14.8 Å². The zero-order valence-electron chi connectivity index (χ0n) is 13.9. The first kappa shape index (κ1) is 19.0. The SMILES string of the molecule is O=S(=O)(C=Cc1ccc(Cl)cc1)Nc1ccc(N2CCOCC2)c(Cl)c1. The number of halogens is 2. The van der Waals surface area contributed by atoms with Crippen molar-refractivity contribution in [1.29, 1.82) is 0 Å². The van der Waals surface area contributed by atoms with Crippen LogP contribution in [0.15, 0.2) is 47.9 Å². The van der Waals surface area contributed by atoms with E-state index in [1.54, 1.807) is 36.4 Å². The highest BCUT2D eigenvalue weighted by Gasteiger charge is 2.15. The number of nitrogens with one attached hydrogen (secondary N) is 1. The van der Waals surface area contributed by atoms with Gasteiger partial charge in [0.05, 0.1) is 35.0 Å². The molecule has 1 heterocycles. The minimum atomic E-state index is -3.65. The Balaban J connectivity index is 1.70. The van der Waals surface area contributed by atoms with Gasteiger partial charge >= 0.3 is 0 Å². The van der Waals surface area contributed by atoms with Crippen molar-refractivity contribution in [3.05, 3.63) is 63.5 Å². The first-order valence-electron chi connectivity index (χ1n) is 8.02. The van der Waals surface area contributed by atoms with Gasteiger partial charge in [-0.2, -0.15) is 0 Å². The average molecular weight is 413 g/mol. The Hall–Kier alpha value is -1.73. The molecule has 5 nitrogen and oxygen atoms in total. The predicted molar refractivity (Wildman–Crippen MR) is 108 cm³/mol. The van der Waals surface area contributed by atoms with Crippen LogP contribution in [0.4, 0.5) is 11.4 Å². The number of ether oxygens (including phenoxy) is 1. The summed E-state index contributed by atoms with van der Waals surface area (Å²) >= 11 is 12.1. The van der Waals surface area contributed by atoms with E-state index in [2.05, 4.69) is 9.62 Å². The number of benzene rings is 2. The summed E-state index contributed by atoms with van der Waals surface area (Å²) in [5, 5.41) is 2.20. The summed E-state index contributed by atoms with van der Waals surface area (Å²) in [5.74, 6) is 0. The van der Waals surface area contributed by atoms with E-state index in [0.717, 1.165) is 29.7 Å². The Morgan fingerprint density at radius 1 is 1.04 bits per heavy atom. The topological polar surface area (TPSA) is 58.6 Å². The number of hydrogen-bond donors (Lipinski definition) is 1. The molecular formula is C18H18Cl2N2O3S. The molecule has 1 N–H and O–H groups in total. The van der Waals surface area contributed by atoms with Gasteiger partial charge in [-0.3, -0.25) is 4.72 Å². The molecule has 0 unspecified atom stereocenters. The normalized spacial score (nSPS) is 15.4. The molecule has 1 aliphatic rings. The van der Waals surface area contributed by atoms with Crippen LogP contribution in [0.1, 0.15) is 5.56 Å². The molecule has 2 aromatic rings. The molecule has 0 amide bonds. The number of sulfonamides is 1. The maximum atomic E-state index is 12.2. The maximum Gasteiger partial charge on any atom is 0.255 e. The maximum absolute atomic E-state index is 12.2. The number of hydrogen-bond acceptors (Lipinski definition) is 4. The molecule has 0 saturated carbocycles. The lowest BCUT2D eigenvalue weighted by atomic mass is 10.2. The van der Waals surface area contributed by atoms with Gasteiger partial charge < -0.3 is 9.64 Å². The number of rotatable bonds is 5. The Morgan fingerprint density at radius 3 is 2.38 bits per heavy atom. The number of anilines is 2. The van der Waals surface area contributed by atoms with Crippen LogP contribution < -0.4 is 9.62 Å². The van der Waals surface area contributed by atoms with E-state index in [1.165, 1.54) is 6.08 Å². The summed E-state index contributed by atoms with van der Waals surface area (Å²) in [6.45, 7) is 2.82. The molecule has 8 heteroatoms. The van der Waals surface area contributed by atoms with Crippen molar-refractivity contribution in [2.24, 2.45) is 0 Å². The number of morpholine rings is 1. The lowest BCUT2D eigenvalue weighted by Crippen LogP contribution is -2.36. The summed E-state index contributed by atoms with van der Waals surface area (Å²) in [7, 11) is -3.65. The second-order valence-electron chi connectivity index (χ2n) is 5.77. The second kappa shape index (κ2) is 8.31. The van der Waals surface area contributed by atoms with E-state index < -0.39 is 10.0 Å². The quantitative estimate of drug-likeness (QED) is 0.797. The van der Waals surface area contributed by atoms with Crippen molar-refractivity contribution >= 4 is 50.7 Å². The summed E-state index contributed by atoms with van der Waals surface area (Å²) in [4.78, 5) is 2.12. The molecule has 0 atom stereocenters. The largest absolute Gasteiger partial charge is 0.378 e. The van der Waals surface area contributed by atoms with Crippen LogP contribution in [0, 0.1) is 0 Å². The van der Waals surface area contributed by atoms with Gasteiger partial charge in [-0.05, 0) is 42.0 Å². The molecule has 0 bridgehead atoms. The van der Waals surface area contributed by atoms with E-state index >= 15 is 0 Å². The van der Waals surface area contributed by atoms with Crippen LogP contribution in [0.3, 0.4) is 0 Å². The molecule has 1 saturated heterocycles. The standard InChI is InChI=1S/C18H18Cl2N2O3S/c19-15-3-1-14(2-4-15)7-12-26(23,24)21-16-5-6-18(17(20)13-16)22-8-10-25-11-9-22/h1-7,12-13,21H,8-11H2. The molecule has 0 radical (unpaired) electrons. The first-order valence-corrected chi connectivity index (χ1v) is 10.3. The third kappa shape index (κ3) is 5.14. The fraction of sp³-hybridized carbons (Fsp3) is 0.222. The highest BCUT2D eigenvalue weighted by Crippen LogP contribution is 2.30. The van der Waals surface area contributed by atoms with Gasteiger partial charge in [0, 0.05) is 18.1 Å². The zero-order chi connectivity index (χ0) is 18.6. The molecule has 1 aliphatic heterocycles. The van der Waals surface area contributed by atoms with Crippen molar-refractivity contribution in [1.82, 2.24) is 0 Å². The van der Waals surface area contributed by atoms with Gasteiger partial charge in [0.1, 0.15) is 0 Å². The van der Waals surface area contributed by atoms with Crippen LogP contribution in [0.2, 0.25) is 10.0 Å². The fourth-order valence-corrected chi connectivity index (χ4v) is 3.86. The number of nitrogens with zero attached hydrogens (tertiary/aromatic N) is 1. The third-order valence-electron chi connectivity index (χ3n) is 3.87. The van der Waals surface area contributed by atoms with Gasteiger partial charge in [0.25, 0.3) is 10.0 Å². The molecule has 3 rings (SSSR count). The highest BCUT2D eigenvalue weighted by atomic mass is 35.5. The predicted octanol–water partition coefficient (Wildman–Crippen LogP) is 4.24. The third-order valence-corrected chi connectivity index (χ3v) is 5.44. The molecule has 2 aromatic carbocycles. The fourth-order valence-electron chi connectivity index (χ4n) is 2.57. The zero-order valence-corrected chi connectivity index (χ0v) is 16.2.